The maximum Gasteiger partial charge on any atom is 0.337 e. The number of amides is 1. The van der Waals surface area contributed by atoms with Crippen molar-refractivity contribution in [3.05, 3.63) is 53.3 Å². The Morgan fingerprint density at radius 3 is 2.44 bits per heavy atom. The van der Waals surface area contributed by atoms with E-state index in [2.05, 4.69) is 10.2 Å². The summed E-state index contributed by atoms with van der Waals surface area (Å²) >= 11 is 0. The Morgan fingerprint density at radius 2 is 1.81 bits per heavy atom. The molecule has 3 rings (SSSR count). The standard InChI is InChI=1S/C20H21FN2O4/c1-26-14-6-7-15(16(21)12-14)19(24)22-17-11-13(20(25)27-2)5-8-18(17)23-9-3-4-10-23/h5-8,11-12H,3-4,9-10H2,1-2H3,(H,22,24). The fourth-order valence-corrected chi connectivity index (χ4v) is 3.11. The van der Waals surface area contributed by atoms with Crippen LogP contribution >= 0.6 is 0 Å². The molecule has 0 aromatic heterocycles. The third kappa shape index (κ3) is 4.02. The van der Waals surface area contributed by atoms with Gasteiger partial charge in [-0.3, -0.25) is 4.79 Å². The quantitative estimate of drug-likeness (QED) is 0.814. The molecule has 1 heterocycles. The topological polar surface area (TPSA) is 67.9 Å². The Labute approximate surface area is 156 Å². The summed E-state index contributed by atoms with van der Waals surface area (Å²) in [5.74, 6) is -1.46. The van der Waals surface area contributed by atoms with E-state index in [4.69, 9.17) is 9.47 Å². The number of methoxy groups -OCH3 is 2. The van der Waals surface area contributed by atoms with Gasteiger partial charge in [-0.1, -0.05) is 0 Å². The number of hydrogen-bond donors (Lipinski definition) is 1. The molecular weight excluding hydrogens is 351 g/mol. The molecule has 2 aromatic carbocycles. The summed E-state index contributed by atoms with van der Waals surface area (Å²) in [5.41, 5.74) is 1.44. The maximum absolute atomic E-state index is 14.2. The summed E-state index contributed by atoms with van der Waals surface area (Å²) < 4.78 is 23.9. The van der Waals surface area contributed by atoms with E-state index >= 15 is 0 Å². The Bertz CT molecular complexity index is 863. The van der Waals surface area contributed by atoms with Crippen LogP contribution in [0.3, 0.4) is 0 Å². The van der Waals surface area contributed by atoms with E-state index in [1.807, 2.05) is 0 Å². The van der Waals surface area contributed by atoms with Gasteiger partial charge in [0.1, 0.15) is 11.6 Å². The predicted octanol–water partition coefficient (Wildman–Crippen LogP) is 3.47. The van der Waals surface area contributed by atoms with Gasteiger partial charge in [-0.25, -0.2) is 9.18 Å². The van der Waals surface area contributed by atoms with Crippen LogP contribution in [0, 0.1) is 5.82 Å². The summed E-state index contributed by atoms with van der Waals surface area (Å²) in [6.07, 6.45) is 2.11. The van der Waals surface area contributed by atoms with Gasteiger partial charge in [0.25, 0.3) is 5.91 Å². The largest absolute Gasteiger partial charge is 0.497 e. The molecule has 0 aliphatic carbocycles. The summed E-state index contributed by atoms with van der Waals surface area (Å²) in [7, 11) is 2.72. The minimum atomic E-state index is -0.682. The van der Waals surface area contributed by atoms with E-state index in [0.717, 1.165) is 37.7 Å². The van der Waals surface area contributed by atoms with Gasteiger partial charge in [0.05, 0.1) is 36.7 Å². The first-order chi connectivity index (χ1) is 13.0. The normalized spacial score (nSPS) is 13.4. The second-order valence-corrected chi connectivity index (χ2v) is 6.22. The molecule has 1 N–H and O–H groups in total. The van der Waals surface area contributed by atoms with Gasteiger partial charge in [0.15, 0.2) is 0 Å². The van der Waals surface area contributed by atoms with Crippen LogP contribution in [0.5, 0.6) is 5.75 Å². The highest BCUT2D eigenvalue weighted by Gasteiger charge is 2.21. The highest BCUT2D eigenvalue weighted by molar-refractivity contribution is 6.07. The Morgan fingerprint density at radius 1 is 1.07 bits per heavy atom. The smallest absolute Gasteiger partial charge is 0.337 e. The first-order valence-electron chi connectivity index (χ1n) is 8.65. The third-order valence-corrected chi connectivity index (χ3v) is 4.53. The monoisotopic (exact) mass is 372 g/mol. The average molecular weight is 372 g/mol. The summed E-state index contributed by atoms with van der Waals surface area (Å²) in [6.45, 7) is 1.72. The van der Waals surface area contributed by atoms with E-state index in [0.29, 0.717) is 17.0 Å². The summed E-state index contributed by atoms with van der Waals surface area (Å²) in [6, 6.07) is 9.02. The van der Waals surface area contributed by atoms with Crippen molar-refractivity contribution >= 4 is 23.3 Å². The maximum atomic E-state index is 14.2. The zero-order valence-electron chi connectivity index (χ0n) is 15.3. The molecule has 142 valence electrons. The number of nitrogens with one attached hydrogen (secondary N) is 1. The molecular formula is C20H21FN2O4. The van der Waals surface area contributed by atoms with Gasteiger partial charge >= 0.3 is 5.97 Å². The number of esters is 1. The number of anilines is 2. The lowest BCUT2D eigenvalue weighted by molar-refractivity contribution is 0.0600. The third-order valence-electron chi connectivity index (χ3n) is 4.53. The predicted molar refractivity (Wildman–Crippen MR) is 100 cm³/mol. The molecule has 1 fully saturated rings. The molecule has 1 saturated heterocycles. The highest BCUT2D eigenvalue weighted by Crippen LogP contribution is 2.31. The fourth-order valence-electron chi connectivity index (χ4n) is 3.11. The van der Waals surface area contributed by atoms with Crippen molar-refractivity contribution in [3.8, 4) is 5.75 Å². The molecule has 1 aliphatic heterocycles. The van der Waals surface area contributed by atoms with E-state index in [1.54, 1.807) is 18.2 Å². The van der Waals surface area contributed by atoms with Gasteiger partial charge in [0.2, 0.25) is 0 Å². The number of rotatable bonds is 5. The molecule has 0 radical (unpaired) electrons. The van der Waals surface area contributed by atoms with Crippen LogP contribution in [0.1, 0.15) is 33.6 Å². The lowest BCUT2D eigenvalue weighted by Crippen LogP contribution is -2.22. The lowest BCUT2D eigenvalue weighted by atomic mass is 10.1. The molecule has 0 atom stereocenters. The molecule has 27 heavy (non-hydrogen) atoms. The van der Waals surface area contributed by atoms with Gasteiger partial charge < -0.3 is 19.7 Å². The SMILES string of the molecule is COC(=O)c1ccc(N2CCCC2)c(NC(=O)c2ccc(OC)cc2F)c1. The molecule has 0 spiro atoms. The van der Waals surface area contributed by atoms with Crippen molar-refractivity contribution in [1.29, 1.82) is 0 Å². The number of benzene rings is 2. The van der Waals surface area contributed by atoms with Crippen molar-refractivity contribution < 1.29 is 23.5 Å². The summed E-state index contributed by atoms with van der Waals surface area (Å²) in [4.78, 5) is 26.6. The Kier molecular flexibility index (Phi) is 5.59. The number of carbonyl (C=O) groups is 2. The van der Waals surface area contributed by atoms with Crippen LogP contribution < -0.4 is 15.0 Å². The molecule has 0 unspecified atom stereocenters. The summed E-state index contributed by atoms with van der Waals surface area (Å²) in [5, 5.41) is 2.73. The van der Waals surface area contributed by atoms with Crippen LogP contribution in [0.15, 0.2) is 36.4 Å². The molecule has 6 nitrogen and oxygen atoms in total. The van der Waals surface area contributed by atoms with Gasteiger partial charge in [-0.05, 0) is 43.2 Å². The lowest BCUT2D eigenvalue weighted by Gasteiger charge is -2.22. The van der Waals surface area contributed by atoms with Crippen molar-refractivity contribution in [3.63, 3.8) is 0 Å². The van der Waals surface area contributed by atoms with Gasteiger partial charge in [-0.15, -0.1) is 0 Å². The Hall–Kier alpha value is -3.09. The second kappa shape index (κ2) is 8.07. The molecule has 1 amide bonds. The van der Waals surface area contributed by atoms with Crippen LogP contribution in [0.4, 0.5) is 15.8 Å². The second-order valence-electron chi connectivity index (χ2n) is 6.22. The first-order valence-corrected chi connectivity index (χ1v) is 8.65. The molecule has 1 aliphatic rings. The minimum Gasteiger partial charge on any atom is -0.497 e. The Balaban J connectivity index is 1.93. The molecule has 7 heteroatoms. The van der Waals surface area contributed by atoms with Crippen molar-refractivity contribution in [2.75, 3.05) is 37.5 Å². The molecule has 0 bridgehead atoms. The zero-order chi connectivity index (χ0) is 19.4. The van der Waals surface area contributed by atoms with Crippen LogP contribution in [-0.4, -0.2) is 39.2 Å². The van der Waals surface area contributed by atoms with E-state index in [9.17, 15) is 14.0 Å². The number of hydrogen-bond acceptors (Lipinski definition) is 5. The average Bonchev–Trinajstić information content (AvgIpc) is 3.21. The van der Waals surface area contributed by atoms with Crippen molar-refractivity contribution in [2.45, 2.75) is 12.8 Å². The van der Waals surface area contributed by atoms with Crippen LogP contribution in [0.25, 0.3) is 0 Å². The molecule has 2 aromatic rings. The van der Waals surface area contributed by atoms with Crippen molar-refractivity contribution in [1.82, 2.24) is 0 Å². The van der Waals surface area contributed by atoms with Crippen LogP contribution in [-0.2, 0) is 4.74 Å². The number of ether oxygens (including phenoxy) is 2. The molecule has 0 saturated carbocycles. The number of halogens is 1. The zero-order valence-corrected chi connectivity index (χ0v) is 15.3. The van der Waals surface area contributed by atoms with Crippen LogP contribution in [0.2, 0.25) is 0 Å². The van der Waals surface area contributed by atoms with Gasteiger partial charge in [0, 0.05) is 19.2 Å². The van der Waals surface area contributed by atoms with E-state index in [-0.39, 0.29) is 5.56 Å². The number of carbonyl (C=O) groups excluding carboxylic acids is 2. The van der Waals surface area contributed by atoms with Crippen molar-refractivity contribution in [2.24, 2.45) is 0 Å². The fraction of sp³-hybridized carbons (Fsp3) is 0.300. The van der Waals surface area contributed by atoms with E-state index < -0.39 is 17.7 Å². The van der Waals surface area contributed by atoms with Gasteiger partial charge in [-0.2, -0.15) is 0 Å². The minimum absolute atomic E-state index is 0.105. The first kappa shape index (κ1) is 18.7. The van der Waals surface area contributed by atoms with E-state index in [1.165, 1.54) is 26.4 Å². The number of nitrogens with zero attached hydrogens (tertiary/aromatic N) is 1. The highest BCUT2D eigenvalue weighted by atomic mass is 19.1.